The van der Waals surface area contributed by atoms with Gasteiger partial charge in [-0.3, -0.25) is 4.79 Å². The average Bonchev–Trinajstić information content (AvgIpc) is 2.47. The molecule has 0 fully saturated rings. The highest BCUT2D eigenvalue weighted by molar-refractivity contribution is 7.87. The van der Waals surface area contributed by atoms with Gasteiger partial charge in [-0.2, -0.15) is 8.42 Å². The number of benzene rings is 2. The Balaban J connectivity index is 2.40. The molecule has 0 aliphatic heterocycles. The van der Waals surface area contributed by atoms with Gasteiger partial charge in [0.2, 0.25) is 5.78 Å². The second-order valence-corrected chi connectivity index (χ2v) is 5.40. The lowest BCUT2D eigenvalue weighted by molar-refractivity contribution is 0.106. The summed E-state index contributed by atoms with van der Waals surface area (Å²) < 4.78 is 29.1. The summed E-state index contributed by atoms with van der Waals surface area (Å²) in [4.78, 5) is 11.5. The van der Waals surface area contributed by atoms with E-state index < -0.39 is 15.9 Å². The van der Waals surface area contributed by atoms with Gasteiger partial charge in [-0.05, 0) is 24.3 Å². The highest BCUT2D eigenvalue weighted by Crippen LogP contribution is 2.22. The molecule has 0 unspecified atom stereocenters. The lowest BCUT2D eigenvalue weighted by Crippen LogP contribution is -2.12. The number of carbonyl (C=O) groups is 1. The van der Waals surface area contributed by atoms with Crippen molar-refractivity contribution in [3.63, 3.8) is 0 Å². The van der Waals surface area contributed by atoms with Crippen LogP contribution in [0.15, 0.2) is 59.5 Å². The topological polar surface area (TPSA) is 84.3 Å². The Morgan fingerprint density at radius 3 is 2.25 bits per heavy atom. The fourth-order valence-electron chi connectivity index (χ4n) is 1.57. The van der Waals surface area contributed by atoms with Crippen molar-refractivity contribution in [2.75, 3.05) is 0 Å². The molecule has 6 heteroatoms. The molecule has 20 heavy (non-hydrogen) atoms. The maximum absolute atomic E-state index is 12.1. The van der Waals surface area contributed by atoms with E-state index >= 15 is 0 Å². The molecule has 0 spiro atoms. The summed E-state index contributed by atoms with van der Waals surface area (Å²) in [5.74, 6) is -0.714. The van der Waals surface area contributed by atoms with E-state index in [-0.39, 0.29) is 16.2 Å². The van der Waals surface area contributed by atoms with Crippen molar-refractivity contribution < 1.29 is 17.4 Å². The van der Waals surface area contributed by atoms with Gasteiger partial charge in [0, 0.05) is 0 Å². The molecule has 2 aromatic carbocycles. The quantitative estimate of drug-likeness (QED) is 0.520. The first-order chi connectivity index (χ1) is 9.54. The molecular weight excluding hydrogens is 278 g/mol. The number of ketones is 1. The van der Waals surface area contributed by atoms with Gasteiger partial charge >= 0.3 is 10.1 Å². The van der Waals surface area contributed by atoms with E-state index in [4.69, 9.17) is 9.59 Å². The summed E-state index contributed by atoms with van der Waals surface area (Å²) in [5, 5.41) is 6.96. The van der Waals surface area contributed by atoms with Gasteiger partial charge in [0.05, 0.1) is 11.8 Å². The van der Waals surface area contributed by atoms with Crippen LogP contribution in [0.3, 0.4) is 0 Å². The zero-order valence-corrected chi connectivity index (χ0v) is 11.1. The van der Waals surface area contributed by atoms with Crippen molar-refractivity contribution in [3.05, 3.63) is 60.2 Å². The Labute approximate surface area is 116 Å². The zero-order chi connectivity index (χ0) is 14.6. The Kier molecular flexibility index (Phi) is 3.95. The summed E-state index contributed by atoms with van der Waals surface area (Å²) in [6, 6.07) is 13.5. The minimum Gasteiger partial charge on any atom is -0.378 e. The van der Waals surface area contributed by atoms with Gasteiger partial charge in [-0.1, -0.05) is 30.3 Å². The summed E-state index contributed by atoms with van der Waals surface area (Å²) in [6.45, 7) is 0. The van der Waals surface area contributed by atoms with E-state index in [1.165, 1.54) is 24.3 Å². The van der Waals surface area contributed by atoms with Crippen molar-refractivity contribution in [1.29, 1.82) is 5.41 Å². The molecular formula is C14H11NO4S. The van der Waals surface area contributed by atoms with Crippen molar-refractivity contribution in [1.82, 2.24) is 0 Å². The lowest BCUT2D eigenvalue weighted by Gasteiger charge is -2.09. The standard InChI is InChI=1S/C14H11NO4S/c15-10-13(16)12-8-4-5-9-14(12)19-20(17,18)11-6-2-1-3-7-11/h1-10,15H. The molecule has 5 nitrogen and oxygen atoms in total. The summed E-state index contributed by atoms with van der Waals surface area (Å²) in [6.07, 6.45) is 0.608. The van der Waals surface area contributed by atoms with E-state index in [9.17, 15) is 13.2 Å². The largest absolute Gasteiger partial charge is 0.378 e. The van der Waals surface area contributed by atoms with Gasteiger partial charge in [0.1, 0.15) is 4.90 Å². The SMILES string of the molecule is N=CC(=O)c1ccccc1OS(=O)(=O)c1ccccc1. The Morgan fingerprint density at radius 1 is 1.00 bits per heavy atom. The van der Waals surface area contributed by atoms with E-state index in [1.807, 2.05) is 0 Å². The van der Waals surface area contributed by atoms with Crippen LogP contribution in [-0.4, -0.2) is 20.4 Å². The van der Waals surface area contributed by atoms with Crippen LogP contribution in [0.25, 0.3) is 0 Å². The molecule has 0 atom stereocenters. The normalized spacial score (nSPS) is 10.8. The number of carbonyl (C=O) groups excluding carboxylic acids is 1. The highest BCUT2D eigenvalue weighted by Gasteiger charge is 2.19. The fourth-order valence-corrected chi connectivity index (χ4v) is 2.54. The predicted octanol–water partition coefficient (Wildman–Crippen LogP) is 2.29. The Bertz CT molecular complexity index is 739. The molecule has 0 heterocycles. The van der Waals surface area contributed by atoms with Crippen LogP contribution in [-0.2, 0) is 10.1 Å². The molecule has 0 saturated heterocycles. The van der Waals surface area contributed by atoms with Gasteiger partial charge in [0.15, 0.2) is 5.75 Å². The smallest absolute Gasteiger partial charge is 0.339 e. The summed E-state index contributed by atoms with van der Waals surface area (Å²) >= 11 is 0. The molecule has 0 amide bonds. The van der Waals surface area contributed by atoms with Gasteiger partial charge in [-0.15, -0.1) is 0 Å². The van der Waals surface area contributed by atoms with Crippen LogP contribution in [0.1, 0.15) is 10.4 Å². The fraction of sp³-hybridized carbons (Fsp3) is 0. The number of hydrogen-bond donors (Lipinski definition) is 1. The van der Waals surface area contributed by atoms with Crippen LogP contribution < -0.4 is 4.18 Å². The minimum absolute atomic E-state index is 0.00268. The molecule has 0 radical (unpaired) electrons. The number of nitrogens with one attached hydrogen (secondary N) is 1. The predicted molar refractivity (Wildman–Crippen MR) is 73.8 cm³/mol. The first-order valence-corrected chi connectivity index (χ1v) is 7.09. The van der Waals surface area contributed by atoms with Crippen molar-refractivity contribution in [2.45, 2.75) is 4.90 Å². The molecule has 102 valence electrons. The van der Waals surface area contributed by atoms with E-state index in [2.05, 4.69) is 0 Å². The summed E-state index contributed by atoms with van der Waals surface area (Å²) in [5.41, 5.74) is 0.0296. The van der Waals surface area contributed by atoms with Crippen LogP contribution in [0.5, 0.6) is 5.75 Å². The van der Waals surface area contributed by atoms with Crippen LogP contribution in [0.2, 0.25) is 0 Å². The first-order valence-electron chi connectivity index (χ1n) is 5.68. The third-order valence-electron chi connectivity index (χ3n) is 2.51. The number of Topliss-reactive ketones (excluding diaryl/α,β-unsaturated/α-hetero) is 1. The van der Waals surface area contributed by atoms with E-state index in [1.54, 1.807) is 30.3 Å². The van der Waals surface area contributed by atoms with E-state index in [0.29, 0.717) is 6.21 Å². The molecule has 0 aromatic heterocycles. The second kappa shape index (κ2) is 5.66. The monoisotopic (exact) mass is 289 g/mol. The van der Waals surface area contributed by atoms with Crippen LogP contribution in [0, 0.1) is 5.41 Å². The molecule has 0 saturated carbocycles. The Morgan fingerprint density at radius 2 is 1.60 bits per heavy atom. The molecule has 1 N–H and O–H groups in total. The third-order valence-corrected chi connectivity index (χ3v) is 3.76. The van der Waals surface area contributed by atoms with Crippen molar-refractivity contribution >= 4 is 22.1 Å². The number of rotatable bonds is 5. The molecule has 2 rings (SSSR count). The molecule has 0 aliphatic carbocycles. The maximum Gasteiger partial charge on any atom is 0.339 e. The first kappa shape index (κ1) is 14.0. The number of hydrogen-bond acceptors (Lipinski definition) is 5. The maximum atomic E-state index is 12.1. The molecule has 0 bridgehead atoms. The molecule has 0 aliphatic rings. The van der Waals surface area contributed by atoms with Crippen molar-refractivity contribution in [2.24, 2.45) is 0 Å². The van der Waals surface area contributed by atoms with Gasteiger partial charge < -0.3 is 9.59 Å². The van der Waals surface area contributed by atoms with Crippen molar-refractivity contribution in [3.8, 4) is 5.75 Å². The van der Waals surface area contributed by atoms with Crippen LogP contribution in [0.4, 0.5) is 0 Å². The lowest BCUT2D eigenvalue weighted by atomic mass is 10.1. The number of para-hydroxylation sites is 1. The summed E-state index contributed by atoms with van der Waals surface area (Å²) in [7, 11) is -4.00. The zero-order valence-electron chi connectivity index (χ0n) is 10.3. The van der Waals surface area contributed by atoms with Gasteiger partial charge in [-0.25, -0.2) is 0 Å². The third kappa shape index (κ3) is 2.92. The minimum atomic E-state index is -4.00. The van der Waals surface area contributed by atoms with Gasteiger partial charge in [0.25, 0.3) is 0 Å². The van der Waals surface area contributed by atoms with E-state index in [0.717, 1.165) is 0 Å². The highest BCUT2D eigenvalue weighted by atomic mass is 32.2. The Hall–Kier alpha value is -2.47. The molecule has 2 aromatic rings. The second-order valence-electron chi connectivity index (χ2n) is 3.86. The van der Waals surface area contributed by atoms with Crippen LogP contribution >= 0.6 is 0 Å². The average molecular weight is 289 g/mol.